The molecule has 0 aliphatic rings. The van der Waals surface area contributed by atoms with Gasteiger partial charge in [0.1, 0.15) is 15.6 Å². The van der Waals surface area contributed by atoms with Crippen molar-refractivity contribution in [1.29, 1.82) is 0 Å². The van der Waals surface area contributed by atoms with E-state index >= 15 is 0 Å². The molecule has 3 aromatic rings. The maximum absolute atomic E-state index is 12.5. The van der Waals surface area contributed by atoms with E-state index in [2.05, 4.69) is 15.3 Å². The highest BCUT2D eigenvalue weighted by atomic mass is 32.1. The molecule has 0 spiro atoms. The minimum absolute atomic E-state index is 0.185. The number of hydrogen-bond acceptors (Lipinski definition) is 5. The molecular weight excluding hydrogens is 310 g/mol. The molecule has 2 aromatic heterocycles. The Kier molecular flexibility index (Phi) is 4.34. The fourth-order valence-electron chi connectivity index (χ4n) is 2.09. The van der Waals surface area contributed by atoms with Crippen LogP contribution in [0.3, 0.4) is 0 Å². The van der Waals surface area contributed by atoms with Crippen molar-refractivity contribution in [3.05, 3.63) is 59.2 Å². The lowest BCUT2D eigenvalue weighted by Gasteiger charge is -2.06. The van der Waals surface area contributed by atoms with Crippen molar-refractivity contribution in [2.24, 2.45) is 0 Å². The number of nitrogens with one attached hydrogen (secondary N) is 1. The first kappa shape index (κ1) is 15.2. The Morgan fingerprint density at radius 2 is 2.09 bits per heavy atom. The maximum atomic E-state index is 12.5. The van der Waals surface area contributed by atoms with Gasteiger partial charge in [-0.3, -0.25) is 9.78 Å². The summed E-state index contributed by atoms with van der Waals surface area (Å²) in [6.45, 7) is 1.82. The van der Waals surface area contributed by atoms with Crippen LogP contribution in [0.5, 0.6) is 5.75 Å². The fourth-order valence-corrected chi connectivity index (χ4v) is 3.03. The van der Waals surface area contributed by atoms with Crippen molar-refractivity contribution in [3.63, 3.8) is 0 Å². The van der Waals surface area contributed by atoms with Gasteiger partial charge < -0.3 is 10.1 Å². The Morgan fingerprint density at radius 3 is 2.83 bits per heavy atom. The second-order valence-electron chi connectivity index (χ2n) is 4.83. The van der Waals surface area contributed by atoms with Crippen LogP contribution in [0, 0.1) is 6.92 Å². The summed E-state index contributed by atoms with van der Waals surface area (Å²) < 4.78 is 5.16. The number of nitrogens with zero attached hydrogens (tertiary/aromatic N) is 2. The van der Waals surface area contributed by atoms with Crippen molar-refractivity contribution in [2.45, 2.75) is 6.92 Å². The van der Waals surface area contributed by atoms with Crippen LogP contribution in [0.25, 0.3) is 10.7 Å². The highest BCUT2D eigenvalue weighted by molar-refractivity contribution is 7.17. The third-order valence-electron chi connectivity index (χ3n) is 3.21. The van der Waals surface area contributed by atoms with Crippen molar-refractivity contribution >= 4 is 22.9 Å². The first-order valence-corrected chi connectivity index (χ1v) is 7.83. The standard InChI is InChI=1S/C17H15N3O2S/c1-11-15(23-17(19-11)14-8-3-4-9-18-14)16(21)20-12-6-5-7-13(10-12)22-2/h3-10H,1-2H3,(H,20,21). The van der Waals surface area contributed by atoms with Crippen LogP contribution in [-0.4, -0.2) is 23.0 Å². The second-order valence-corrected chi connectivity index (χ2v) is 5.83. The van der Waals surface area contributed by atoms with Crippen LogP contribution < -0.4 is 10.1 Å². The molecule has 116 valence electrons. The van der Waals surface area contributed by atoms with E-state index in [1.807, 2.05) is 43.3 Å². The quantitative estimate of drug-likeness (QED) is 0.793. The molecule has 1 N–H and O–H groups in total. The van der Waals surface area contributed by atoms with E-state index in [9.17, 15) is 4.79 Å². The van der Waals surface area contributed by atoms with Gasteiger partial charge in [0.2, 0.25) is 0 Å². The molecule has 0 aliphatic heterocycles. The van der Waals surface area contributed by atoms with Gasteiger partial charge in [-0.25, -0.2) is 4.98 Å². The molecule has 0 saturated carbocycles. The minimum atomic E-state index is -0.185. The number of thiazole rings is 1. The third-order valence-corrected chi connectivity index (χ3v) is 4.39. The van der Waals surface area contributed by atoms with Crippen LogP contribution >= 0.6 is 11.3 Å². The summed E-state index contributed by atoms with van der Waals surface area (Å²) in [5, 5.41) is 3.60. The number of ether oxygens (including phenoxy) is 1. The molecule has 2 heterocycles. The molecule has 0 unspecified atom stereocenters. The summed E-state index contributed by atoms with van der Waals surface area (Å²) >= 11 is 1.33. The van der Waals surface area contributed by atoms with Gasteiger partial charge in [-0.2, -0.15) is 0 Å². The summed E-state index contributed by atoms with van der Waals surface area (Å²) in [5.41, 5.74) is 2.14. The normalized spacial score (nSPS) is 10.3. The smallest absolute Gasteiger partial charge is 0.267 e. The molecule has 0 radical (unpaired) electrons. The zero-order valence-corrected chi connectivity index (χ0v) is 13.6. The van der Waals surface area contributed by atoms with Crippen LogP contribution in [0.2, 0.25) is 0 Å². The third kappa shape index (κ3) is 3.37. The van der Waals surface area contributed by atoms with E-state index in [0.29, 0.717) is 22.0 Å². The Balaban J connectivity index is 1.84. The Bertz CT molecular complexity index is 831. The van der Waals surface area contributed by atoms with Gasteiger partial charge in [0.05, 0.1) is 18.5 Å². The van der Waals surface area contributed by atoms with Gasteiger partial charge in [-0.15, -0.1) is 11.3 Å². The van der Waals surface area contributed by atoms with Crippen molar-refractivity contribution in [1.82, 2.24) is 9.97 Å². The van der Waals surface area contributed by atoms with E-state index in [-0.39, 0.29) is 5.91 Å². The van der Waals surface area contributed by atoms with E-state index in [1.165, 1.54) is 11.3 Å². The van der Waals surface area contributed by atoms with Gasteiger partial charge in [-0.1, -0.05) is 12.1 Å². The van der Waals surface area contributed by atoms with Crippen molar-refractivity contribution in [3.8, 4) is 16.5 Å². The lowest BCUT2D eigenvalue weighted by Crippen LogP contribution is -2.11. The zero-order chi connectivity index (χ0) is 16.2. The number of methoxy groups -OCH3 is 1. The average Bonchev–Trinajstić information content (AvgIpc) is 2.98. The number of carbonyl (C=O) groups is 1. The first-order chi connectivity index (χ1) is 11.2. The SMILES string of the molecule is COc1cccc(NC(=O)c2sc(-c3ccccn3)nc2C)c1. The number of benzene rings is 1. The number of carbonyl (C=O) groups excluding carboxylic acids is 1. The number of aryl methyl sites for hydroxylation is 1. The Hall–Kier alpha value is -2.73. The number of rotatable bonds is 4. The van der Waals surface area contributed by atoms with Gasteiger partial charge in [-0.05, 0) is 31.2 Å². The lowest BCUT2D eigenvalue weighted by molar-refractivity contribution is 0.103. The maximum Gasteiger partial charge on any atom is 0.267 e. The van der Waals surface area contributed by atoms with Crippen LogP contribution in [0.1, 0.15) is 15.4 Å². The number of pyridine rings is 1. The minimum Gasteiger partial charge on any atom is -0.497 e. The Labute approximate surface area is 138 Å². The van der Waals surface area contributed by atoms with E-state index in [1.54, 1.807) is 19.4 Å². The zero-order valence-electron chi connectivity index (χ0n) is 12.7. The van der Waals surface area contributed by atoms with Gasteiger partial charge in [0.15, 0.2) is 0 Å². The molecule has 0 bridgehead atoms. The van der Waals surface area contributed by atoms with Gasteiger partial charge in [0.25, 0.3) is 5.91 Å². The van der Waals surface area contributed by atoms with Gasteiger partial charge in [0, 0.05) is 18.0 Å². The topological polar surface area (TPSA) is 64.1 Å². The monoisotopic (exact) mass is 325 g/mol. The largest absolute Gasteiger partial charge is 0.497 e. The first-order valence-electron chi connectivity index (χ1n) is 7.01. The molecule has 1 aromatic carbocycles. The molecule has 0 aliphatic carbocycles. The summed E-state index contributed by atoms with van der Waals surface area (Å²) in [5.74, 6) is 0.508. The summed E-state index contributed by atoms with van der Waals surface area (Å²) in [7, 11) is 1.59. The van der Waals surface area contributed by atoms with E-state index in [0.717, 1.165) is 10.7 Å². The van der Waals surface area contributed by atoms with Crippen LogP contribution in [-0.2, 0) is 0 Å². The molecular formula is C17H15N3O2S. The highest BCUT2D eigenvalue weighted by Crippen LogP contribution is 2.27. The number of anilines is 1. The molecule has 23 heavy (non-hydrogen) atoms. The molecule has 3 rings (SSSR count). The number of hydrogen-bond donors (Lipinski definition) is 1. The Morgan fingerprint density at radius 1 is 1.22 bits per heavy atom. The van der Waals surface area contributed by atoms with Gasteiger partial charge >= 0.3 is 0 Å². The number of amides is 1. The average molecular weight is 325 g/mol. The fraction of sp³-hybridized carbons (Fsp3) is 0.118. The second kappa shape index (κ2) is 6.58. The summed E-state index contributed by atoms with van der Waals surface area (Å²) in [6.07, 6.45) is 1.71. The molecule has 0 saturated heterocycles. The highest BCUT2D eigenvalue weighted by Gasteiger charge is 2.17. The molecule has 0 atom stereocenters. The molecule has 6 heteroatoms. The van der Waals surface area contributed by atoms with Crippen molar-refractivity contribution in [2.75, 3.05) is 12.4 Å². The van der Waals surface area contributed by atoms with E-state index in [4.69, 9.17) is 4.74 Å². The number of aromatic nitrogens is 2. The van der Waals surface area contributed by atoms with Crippen molar-refractivity contribution < 1.29 is 9.53 Å². The predicted octanol–water partition coefficient (Wildman–Crippen LogP) is 3.77. The van der Waals surface area contributed by atoms with Crippen LogP contribution in [0.4, 0.5) is 5.69 Å². The summed E-state index contributed by atoms with van der Waals surface area (Å²) in [4.78, 5) is 21.8. The lowest BCUT2D eigenvalue weighted by atomic mass is 10.3. The molecule has 0 fully saturated rings. The molecule has 1 amide bonds. The summed E-state index contributed by atoms with van der Waals surface area (Å²) in [6, 6.07) is 12.9. The van der Waals surface area contributed by atoms with Crippen LogP contribution in [0.15, 0.2) is 48.7 Å². The van der Waals surface area contributed by atoms with E-state index < -0.39 is 0 Å². The predicted molar refractivity (Wildman–Crippen MR) is 91.0 cm³/mol. The molecule has 5 nitrogen and oxygen atoms in total.